The summed E-state index contributed by atoms with van der Waals surface area (Å²) in [6.45, 7) is 8.01. The number of esters is 2. The molecule has 0 fully saturated rings. The molecule has 0 bridgehead atoms. The second-order valence-corrected chi connectivity index (χ2v) is 6.06. The minimum absolute atomic E-state index is 0.213. The SMILES string of the molecule is C=C(C)C(=O)OC(C)(C)OC(=O)CCCCCCCCC(=O)O. The third-order valence-corrected chi connectivity index (χ3v) is 3.07. The second kappa shape index (κ2) is 10.8. The van der Waals surface area contributed by atoms with Gasteiger partial charge in [-0.1, -0.05) is 32.3 Å². The lowest BCUT2D eigenvalue weighted by molar-refractivity contribution is -0.213. The molecule has 1 N–H and O–H groups in total. The lowest BCUT2D eigenvalue weighted by atomic mass is 10.1. The summed E-state index contributed by atoms with van der Waals surface area (Å²) in [5.74, 6) is -3.06. The summed E-state index contributed by atoms with van der Waals surface area (Å²) in [4.78, 5) is 33.5. The van der Waals surface area contributed by atoms with Crippen LogP contribution in [0.5, 0.6) is 0 Å². The number of hydrogen-bond donors (Lipinski definition) is 1. The Bertz CT molecular complexity index is 425. The van der Waals surface area contributed by atoms with E-state index < -0.39 is 23.7 Å². The topological polar surface area (TPSA) is 89.9 Å². The standard InChI is InChI=1S/C17H28O6/c1-13(2)16(21)23-17(3,4)22-15(20)12-10-8-6-5-7-9-11-14(18)19/h1,5-12H2,2-4H3,(H,18,19). The molecule has 0 heterocycles. The molecule has 0 saturated heterocycles. The van der Waals surface area contributed by atoms with Gasteiger partial charge in [0.25, 0.3) is 5.79 Å². The Morgan fingerprint density at radius 3 is 1.87 bits per heavy atom. The largest absolute Gasteiger partial charge is 0.481 e. The van der Waals surface area contributed by atoms with Gasteiger partial charge in [0.1, 0.15) is 0 Å². The molecule has 0 aliphatic carbocycles. The van der Waals surface area contributed by atoms with Crippen LogP contribution < -0.4 is 0 Å². The normalized spacial score (nSPS) is 10.9. The average Bonchev–Trinajstić information content (AvgIpc) is 2.40. The molecule has 0 unspecified atom stereocenters. The highest BCUT2D eigenvalue weighted by molar-refractivity contribution is 5.87. The highest BCUT2D eigenvalue weighted by Gasteiger charge is 2.27. The number of hydrogen-bond acceptors (Lipinski definition) is 5. The molecule has 0 aliphatic rings. The highest BCUT2D eigenvalue weighted by atomic mass is 16.7. The van der Waals surface area contributed by atoms with Crippen molar-refractivity contribution < 1.29 is 29.0 Å². The molecule has 6 heteroatoms. The molecule has 0 atom stereocenters. The zero-order valence-corrected chi connectivity index (χ0v) is 14.4. The van der Waals surface area contributed by atoms with Gasteiger partial charge in [-0.15, -0.1) is 0 Å². The predicted molar refractivity (Wildman–Crippen MR) is 85.6 cm³/mol. The van der Waals surface area contributed by atoms with Crippen LogP contribution in [-0.2, 0) is 23.9 Å². The third kappa shape index (κ3) is 12.4. The van der Waals surface area contributed by atoms with Crippen molar-refractivity contribution in [2.45, 2.75) is 77.9 Å². The van der Waals surface area contributed by atoms with E-state index in [9.17, 15) is 14.4 Å². The van der Waals surface area contributed by atoms with E-state index in [1.165, 1.54) is 20.8 Å². The lowest BCUT2D eigenvalue weighted by Gasteiger charge is -2.25. The zero-order chi connectivity index (χ0) is 17.9. The summed E-state index contributed by atoms with van der Waals surface area (Å²) < 4.78 is 10.2. The van der Waals surface area contributed by atoms with E-state index in [-0.39, 0.29) is 18.4 Å². The zero-order valence-electron chi connectivity index (χ0n) is 14.4. The van der Waals surface area contributed by atoms with Crippen LogP contribution >= 0.6 is 0 Å². The average molecular weight is 328 g/mol. The maximum absolute atomic E-state index is 11.7. The number of carboxylic acids is 1. The number of carbonyl (C=O) groups is 3. The van der Waals surface area contributed by atoms with Crippen LogP contribution in [0, 0.1) is 0 Å². The summed E-state index contributed by atoms with van der Waals surface area (Å²) in [6, 6.07) is 0. The first kappa shape index (κ1) is 21.1. The van der Waals surface area contributed by atoms with Gasteiger partial charge in [0.05, 0.1) is 0 Å². The minimum atomic E-state index is -1.30. The van der Waals surface area contributed by atoms with Gasteiger partial charge >= 0.3 is 17.9 Å². The van der Waals surface area contributed by atoms with Gasteiger partial charge in [0, 0.05) is 32.3 Å². The van der Waals surface area contributed by atoms with Crippen molar-refractivity contribution in [3.8, 4) is 0 Å². The highest BCUT2D eigenvalue weighted by Crippen LogP contribution is 2.16. The second-order valence-electron chi connectivity index (χ2n) is 6.06. The van der Waals surface area contributed by atoms with Crippen molar-refractivity contribution in [1.82, 2.24) is 0 Å². The molecule has 0 rings (SSSR count). The van der Waals surface area contributed by atoms with Crippen LogP contribution in [0.25, 0.3) is 0 Å². The Morgan fingerprint density at radius 1 is 0.913 bits per heavy atom. The van der Waals surface area contributed by atoms with E-state index in [0.717, 1.165) is 25.7 Å². The maximum atomic E-state index is 11.7. The van der Waals surface area contributed by atoms with Crippen LogP contribution in [0.1, 0.15) is 72.1 Å². The Hall–Kier alpha value is -1.85. The minimum Gasteiger partial charge on any atom is -0.481 e. The van der Waals surface area contributed by atoms with Crippen molar-refractivity contribution in [3.05, 3.63) is 12.2 Å². The van der Waals surface area contributed by atoms with Crippen molar-refractivity contribution in [2.24, 2.45) is 0 Å². The van der Waals surface area contributed by atoms with Crippen molar-refractivity contribution in [2.75, 3.05) is 0 Å². The first-order valence-electron chi connectivity index (χ1n) is 7.96. The molecular formula is C17H28O6. The van der Waals surface area contributed by atoms with Gasteiger partial charge in [-0.2, -0.15) is 0 Å². The molecule has 132 valence electrons. The number of carboxylic acid groups (broad SMARTS) is 1. The molecule has 0 saturated carbocycles. The quantitative estimate of drug-likeness (QED) is 0.255. The van der Waals surface area contributed by atoms with Crippen LogP contribution in [0.15, 0.2) is 12.2 Å². The summed E-state index contributed by atoms with van der Waals surface area (Å²) >= 11 is 0. The van der Waals surface area contributed by atoms with Gasteiger partial charge in [-0.25, -0.2) is 4.79 Å². The Labute approximate surface area is 137 Å². The molecule has 0 aromatic heterocycles. The Morgan fingerprint density at radius 2 is 1.39 bits per heavy atom. The number of carbonyl (C=O) groups excluding carboxylic acids is 2. The van der Waals surface area contributed by atoms with Crippen LogP contribution in [0.4, 0.5) is 0 Å². The third-order valence-electron chi connectivity index (χ3n) is 3.07. The van der Waals surface area contributed by atoms with Gasteiger partial charge in [-0.05, 0) is 19.8 Å². The molecule has 0 aromatic carbocycles. The molecule has 0 aromatic rings. The Balaban J connectivity index is 3.76. The number of unbranched alkanes of at least 4 members (excludes halogenated alkanes) is 5. The molecule has 0 radical (unpaired) electrons. The van der Waals surface area contributed by atoms with Crippen LogP contribution in [0.3, 0.4) is 0 Å². The molecule has 0 amide bonds. The summed E-state index contributed by atoms with van der Waals surface area (Å²) in [7, 11) is 0. The molecule has 0 aliphatic heterocycles. The fraction of sp³-hybridized carbons (Fsp3) is 0.706. The van der Waals surface area contributed by atoms with Crippen molar-refractivity contribution in [1.29, 1.82) is 0 Å². The van der Waals surface area contributed by atoms with E-state index in [0.29, 0.717) is 12.8 Å². The first-order valence-corrected chi connectivity index (χ1v) is 7.96. The summed E-state index contributed by atoms with van der Waals surface area (Å²) in [6.07, 6.45) is 5.56. The molecular weight excluding hydrogens is 300 g/mol. The molecule has 6 nitrogen and oxygen atoms in total. The maximum Gasteiger partial charge on any atom is 0.336 e. The van der Waals surface area contributed by atoms with E-state index in [1.54, 1.807) is 0 Å². The first-order chi connectivity index (χ1) is 10.6. The van der Waals surface area contributed by atoms with Crippen LogP contribution in [-0.4, -0.2) is 28.8 Å². The smallest absolute Gasteiger partial charge is 0.336 e. The van der Waals surface area contributed by atoms with E-state index >= 15 is 0 Å². The van der Waals surface area contributed by atoms with Gasteiger partial charge in [-0.3, -0.25) is 9.59 Å². The van der Waals surface area contributed by atoms with E-state index in [2.05, 4.69) is 6.58 Å². The fourth-order valence-corrected chi connectivity index (χ4v) is 1.91. The van der Waals surface area contributed by atoms with Gasteiger partial charge < -0.3 is 14.6 Å². The van der Waals surface area contributed by atoms with Gasteiger partial charge in [0.2, 0.25) is 0 Å². The van der Waals surface area contributed by atoms with Crippen LogP contribution in [0.2, 0.25) is 0 Å². The fourth-order valence-electron chi connectivity index (χ4n) is 1.91. The molecule has 0 spiro atoms. The number of aliphatic carboxylic acids is 1. The predicted octanol–water partition coefficient (Wildman–Crippen LogP) is 3.59. The Kier molecular flexibility index (Phi) is 9.94. The monoisotopic (exact) mass is 328 g/mol. The molecule has 23 heavy (non-hydrogen) atoms. The summed E-state index contributed by atoms with van der Waals surface area (Å²) in [5, 5.41) is 8.51. The lowest BCUT2D eigenvalue weighted by Crippen LogP contribution is -2.34. The number of ether oxygens (including phenoxy) is 2. The van der Waals surface area contributed by atoms with E-state index in [1.807, 2.05) is 0 Å². The van der Waals surface area contributed by atoms with Gasteiger partial charge in [0.15, 0.2) is 0 Å². The van der Waals surface area contributed by atoms with Crippen molar-refractivity contribution >= 4 is 17.9 Å². The number of rotatable bonds is 12. The summed E-state index contributed by atoms with van der Waals surface area (Å²) in [5.41, 5.74) is 0.247. The van der Waals surface area contributed by atoms with Crippen molar-refractivity contribution in [3.63, 3.8) is 0 Å². The van der Waals surface area contributed by atoms with E-state index in [4.69, 9.17) is 14.6 Å².